The predicted octanol–water partition coefficient (Wildman–Crippen LogP) is 1.82. The number of aryl methyl sites for hydroxylation is 1. The number of benzene rings is 1. The van der Waals surface area contributed by atoms with Crippen molar-refractivity contribution in [2.75, 3.05) is 5.73 Å². The standard InChI is InChI=1S/C12H15N3O2S2/c1-8-3-4-11(13)12(9(8)2)19(16,17)15-5-10-6-18-7-14-10/h3-4,6-7,15H,5,13H2,1-2H3. The number of hydrogen-bond donors (Lipinski definition) is 2. The number of sulfonamides is 1. The Hall–Kier alpha value is -1.44. The fraction of sp³-hybridized carbons (Fsp3) is 0.250. The lowest BCUT2D eigenvalue weighted by Crippen LogP contribution is -2.25. The number of aromatic nitrogens is 1. The van der Waals surface area contributed by atoms with Crippen molar-refractivity contribution in [1.29, 1.82) is 0 Å². The molecule has 1 aromatic carbocycles. The van der Waals surface area contributed by atoms with Crippen molar-refractivity contribution in [3.63, 3.8) is 0 Å². The molecule has 0 saturated heterocycles. The van der Waals surface area contributed by atoms with E-state index in [1.807, 2.05) is 13.0 Å². The average Bonchev–Trinajstić information content (AvgIpc) is 2.85. The van der Waals surface area contributed by atoms with Gasteiger partial charge in [-0.05, 0) is 31.0 Å². The van der Waals surface area contributed by atoms with Crippen LogP contribution in [0.5, 0.6) is 0 Å². The first-order valence-corrected chi connectivity index (χ1v) is 8.07. The lowest BCUT2D eigenvalue weighted by molar-refractivity contribution is 0.580. The maximum atomic E-state index is 12.3. The molecule has 0 radical (unpaired) electrons. The molecule has 3 N–H and O–H groups in total. The van der Waals surface area contributed by atoms with Crippen LogP contribution in [-0.2, 0) is 16.6 Å². The van der Waals surface area contributed by atoms with Gasteiger partial charge in [0, 0.05) is 5.38 Å². The van der Waals surface area contributed by atoms with Gasteiger partial charge >= 0.3 is 0 Å². The van der Waals surface area contributed by atoms with Crippen molar-refractivity contribution in [2.24, 2.45) is 0 Å². The van der Waals surface area contributed by atoms with Crippen molar-refractivity contribution in [2.45, 2.75) is 25.3 Å². The third-order valence-corrected chi connectivity index (χ3v) is 5.14. The zero-order valence-electron chi connectivity index (χ0n) is 10.7. The van der Waals surface area contributed by atoms with Crippen LogP contribution in [0.2, 0.25) is 0 Å². The SMILES string of the molecule is Cc1ccc(N)c(S(=O)(=O)NCc2cscn2)c1C. The van der Waals surface area contributed by atoms with Crippen molar-refractivity contribution in [1.82, 2.24) is 9.71 Å². The van der Waals surface area contributed by atoms with Gasteiger partial charge in [-0.1, -0.05) is 6.07 Å². The quantitative estimate of drug-likeness (QED) is 0.843. The van der Waals surface area contributed by atoms with Gasteiger partial charge in [-0.25, -0.2) is 18.1 Å². The highest BCUT2D eigenvalue weighted by atomic mass is 32.2. The average molecular weight is 297 g/mol. The normalized spacial score (nSPS) is 11.7. The molecule has 1 aromatic heterocycles. The van der Waals surface area contributed by atoms with Gasteiger partial charge in [-0.2, -0.15) is 0 Å². The summed E-state index contributed by atoms with van der Waals surface area (Å²) in [7, 11) is -3.63. The fourth-order valence-electron chi connectivity index (χ4n) is 1.73. The molecular formula is C12H15N3O2S2. The Morgan fingerprint density at radius 2 is 2.11 bits per heavy atom. The van der Waals surface area contributed by atoms with Crippen LogP contribution >= 0.6 is 11.3 Å². The molecule has 19 heavy (non-hydrogen) atoms. The van der Waals surface area contributed by atoms with Crippen LogP contribution in [0.25, 0.3) is 0 Å². The Morgan fingerprint density at radius 1 is 1.37 bits per heavy atom. The molecule has 0 aliphatic heterocycles. The van der Waals surface area contributed by atoms with Crippen molar-refractivity contribution < 1.29 is 8.42 Å². The Labute approximate surface area is 116 Å². The fourth-order valence-corrected chi connectivity index (χ4v) is 3.72. The van der Waals surface area contributed by atoms with Crippen LogP contribution < -0.4 is 10.5 Å². The minimum absolute atomic E-state index is 0.155. The van der Waals surface area contributed by atoms with Crippen LogP contribution in [0.3, 0.4) is 0 Å². The summed E-state index contributed by atoms with van der Waals surface area (Å²) < 4.78 is 27.1. The maximum Gasteiger partial charge on any atom is 0.243 e. The van der Waals surface area contributed by atoms with E-state index >= 15 is 0 Å². The molecule has 0 fully saturated rings. The van der Waals surface area contributed by atoms with Crippen molar-refractivity contribution >= 4 is 27.0 Å². The van der Waals surface area contributed by atoms with E-state index in [2.05, 4.69) is 9.71 Å². The van der Waals surface area contributed by atoms with Crippen molar-refractivity contribution in [3.8, 4) is 0 Å². The highest BCUT2D eigenvalue weighted by Crippen LogP contribution is 2.25. The first-order valence-electron chi connectivity index (χ1n) is 5.64. The van der Waals surface area contributed by atoms with E-state index in [9.17, 15) is 8.42 Å². The van der Waals surface area contributed by atoms with Crippen LogP contribution in [-0.4, -0.2) is 13.4 Å². The van der Waals surface area contributed by atoms with Gasteiger partial charge in [-0.3, -0.25) is 0 Å². The third kappa shape index (κ3) is 2.94. The molecule has 1 heterocycles. The van der Waals surface area contributed by atoms with Crippen LogP contribution in [0.15, 0.2) is 27.9 Å². The highest BCUT2D eigenvalue weighted by molar-refractivity contribution is 7.89. The topological polar surface area (TPSA) is 85.1 Å². The van der Waals surface area contributed by atoms with E-state index in [1.54, 1.807) is 23.9 Å². The molecule has 2 rings (SSSR count). The van der Waals surface area contributed by atoms with Gasteiger partial charge in [0.2, 0.25) is 10.0 Å². The molecule has 0 saturated carbocycles. The summed E-state index contributed by atoms with van der Waals surface area (Å²) in [6.45, 7) is 3.77. The molecule has 0 aliphatic rings. The van der Waals surface area contributed by atoms with E-state index < -0.39 is 10.0 Å². The smallest absolute Gasteiger partial charge is 0.243 e. The van der Waals surface area contributed by atoms with E-state index in [0.29, 0.717) is 11.3 Å². The molecule has 0 atom stereocenters. The lowest BCUT2D eigenvalue weighted by Gasteiger charge is -2.13. The first-order chi connectivity index (χ1) is 8.92. The van der Waals surface area contributed by atoms with Gasteiger partial charge in [0.1, 0.15) is 4.90 Å². The van der Waals surface area contributed by atoms with E-state index in [4.69, 9.17) is 5.73 Å². The van der Waals surface area contributed by atoms with Gasteiger partial charge in [-0.15, -0.1) is 11.3 Å². The first kappa shape index (κ1) is 14.0. The highest BCUT2D eigenvalue weighted by Gasteiger charge is 2.21. The van der Waals surface area contributed by atoms with Gasteiger partial charge in [0.25, 0.3) is 0 Å². The lowest BCUT2D eigenvalue weighted by atomic mass is 10.1. The monoisotopic (exact) mass is 297 g/mol. The number of nitrogens with one attached hydrogen (secondary N) is 1. The molecule has 2 aromatic rings. The number of hydrogen-bond acceptors (Lipinski definition) is 5. The Kier molecular flexibility index (Phi) is 3.88. The molecule has 0 spiro atoms. The van der Waals surface area contributed by atoms with Crippen LogP contribution in [0, 0.1) is 13.8 Å². The minimum Gasteiger partial charge on any atom is -0.398 e. The summed E-state index contributed by atoms with van der Waals surface area (Å²) in [5, 5.41) is 1.80. The zero-order valence-corrected chi connectivity index (χ0v) is 12.3. The number of rotatable bonds is 4. The summed E-state index contributed by atoms with van der Waals surface area (Å²) in [6, 6.07) is 3.42. The molecular weight excluding hydrogens is 282 g/mol. The van der Waals surface area contributed by atoms with Crippen LogP contribution in [0.4, 0.5) is 5.69 Å². The van der Waals surface area contributed by atoms with Gasteiger partial charge < -0.3 is 5.73 Å². The summed E-state index contributed by atoms with van der Waals surface area (Å²) in [5.74, 6) is 0. The molecule has 0 unspecified atom stereocenters. The Bertz CT molecular complexity index is 679. The second-order valence-corrected chi connectivity index (χ2v) is 6.65. The molecule has 0 aliphatic carbocycles. The minimum atomic E-state index is -3.63. The number of nitrogen functional groups attached to an aromatic ring is 1. The number of nitrogens with two attached hydrogens (primary N) is 1. The molecule has 0 amide bonds. The maximum absolute atomic E-state index is 12.3. The summed E-state index contributed by atoms with van der Waals surface area (Å²) in [5.41, 5.74) is 9.97. The third-order valence-electron chi connectivity index (χ3n) is 2.90. The Morgan fingerprint density at radius 3 is 2.74 bits per heavy atom. The number of thiazole rings is 1. The zero-order chi connectivity index (χ0) is 14.0. The molecule has 7 heteroatoms. The number of anilines is 1. The predicted molar refractivity (Wildman–Crippen MR) is 76.5 cm³/mol. The summed E-state index contributed by atoms with van der Waals surface area (Å²) >= 11 is 1.42. The van der Waals surface area contributed by atoms with E-state index in [0.717, 1.165) is 5.56 Å². The van der Waals surface area contributed by atoms with Crippen LogP contribution in [0.1, 0.15) is 16.8 Å². The van der Waals surface area contributed by atoms with Crippen molar-refractivity contribution in [3.05, 3.63) is 39.8 Å². The van der Waals surface area contributed by atoms with Gasteiger partial charge in [0.05, 0.1) is 23.4 Å². The molecule has 0 bridgehead atoms. The van der Waals surface area contributed by atoms with E-state index in [-0.39, 0.29) is 17.1 Å². The summed E-state index contributed by atoms with van der Waals surface area (Å²) in [4.78, 5) is 4.19. The molecule has 102 valence electrons. The Balaban J connectivity index is 2.32. The number of nitrogens with zero attached hydrogens (tertiary/aromatic N) is 1. The van der Waals surface area contributed by atoms with E-state index in [1.165, 1.54) is 11.3 Å². The second-order valence-electron chi connectivity index (χ2n) is 4.23. The second kappa shape index (κ2) is 5.28. The summed E-state index contributed by atoms with van der Waals surface area (Å²) in [6.07, 6.45) is 0. The largest absolute Gasteiger partial charge is 0.398 e. The van der Waals surface area contributed by atoms with Gasteiger partial charge in [0.15, 0.2) is 0 Å². The molecule has 5 nitrogen and oxygen atoms in total.